The molecule has 0 saturated carbocycles. The van der Waals surface area contributed by atoms with Crippen molar-refractivity contribution in [1.29, 1.82) is 0 Å². The SMILES string of the molecule is CCOc1cc(/C=N/NC(=O)C(=O)Nc2ccc(C)cc2)ccc1OC(=O)c1ccc(OC)cc1. The molecule has 0 aliphatic heterocycles. The molecule has 0 saturated heterocycles. The third-order valence-electron chi connectivity index (χ3n) is 4.69. The number of hydrazone groups is 1. The highest BCUT2D eigenvalue weighted by molar-refractivity contribution is 6.39. The van der Waals surface area contributed by atoms with Crippen molar-refractivity contribution in [3.05, 3.63) is 83.4 Å². The summed E-state index contributed by atoms with van der Waals surface area (Å²) in [6.07, 6.45) is 1.34. The van der Waals surface area contributed by atoms with Crippen molar-refractivity contribution in [2.75, 3.05) is 19.0 Å². The molecule has 3 aromatic carbocycles. The number of carbonyl (C=O) groups excluding carboxylic acids is 3. The molecule has 0 unspecified atom stereocenters. The zero-order chi connectivity index (χ0) is 25.2. The van der Waals surface area contributed by atoms with Gasteiger partial charge in [0.05, 0.1) is 25.5 Å². The first-order chi connectivity index (χ1) is 16.9. The van der Waals surface area contributed by atoms with Gasteiger partial charge in [0.15, 0.2) is 11.5 Å². The van der Waals surface area contributed by atoms with Crippen molar-refractivity contribution in [2.45, 2.75) is 13.8 Å². The van der Waals surface area contributed by atoms with Gasteiger partial charge in [0.25, 0.3) is 0 Å². The summed E-state index contributed by atoms with van der Waals surface area (Å²) in [5.74, 6) is -1.14. The van der Waals surface area contributed by atoms with Crippen LogP contribution in [0.2, 0.25) is 0 Å². The number of aryl methyl sites for hydroxylation is 1. The maximum atomic E-state index is 12.5. The number of hydrogen-bond donors (Lipinski definition) is 2. The van der Waals surface area contributed by atoms with Crippen LogP contribution in [0.5, 0.6) is 17.2 Å². The van der Waals surface area contributed by atoms with Gasteiger partial charge in [-0.25, -0.2) is 10.2 Å². The summed E-state index contributed by atoms with van der Waals surface area (Å²) in [6.45, 7) is 4.05. The Morgan fingerprint density at radius 3 is 2.29 bits per heavy atom. The van der Waals surface area contributed by atoms with E-state index in [0.717, 1.165) is 5.56 Å². The highest BCUT2D eigenvalue weighted by Crippen LogP contribution is 2.29. The molecule has 0 spiro atoms. The van der Waals surface area contributed by atoms with Crippen molar-refractivity contribution in [1.82, 2.24) is 5.43 Å². The number of nitrogens with zero attached hydrogens (tertiary/aromatic N) is 1. The van der Waals surface area contributed by atoms with Gasteiger partial charge in [-0.15, -0.1) is 0 Å². The molecule has 0 atom stereocenters. The lowest BCUT2D eigenvalue weighted by atomic mass is 10.2. The molecule has 3 rings (SSSR count). The lowest BCUT2D eigenvalue weighted by molar-refractivity contribution is -0.136. The lowest BCUT2D eigenvalue weighted by Crippen LogP contribution is -2.32. The van der Waals surface area contributed by atoms with Gasteiger partial charge in [-0.05, 0) is 74.0 Å². The summed E-state index contributed by atoms with van der Waals surface area (Å²) < 4.78 is 16.1. The van der Waals surface area contributed by atoms with E-state index in [1.54, 1.807) is 61.5 Å². The van der Waals surface area contributed by atoms with Crippen LogP contribution >= 0.6 is 0 Å². The van der Waals surface area contributed by atoms with Crippen molar-refractivity contribution in [3.63, 3.8) is 0 Å². The minimum Gasteiger partial charge on any atom is -0.497 e. The van der Waals surface area contributed by atoms with E-state index in [0.29, 0.717) is 34.9 Å². The van der Waals surface area contributed by atoms with Crippen LogP contribution in [0.3, 0.4) is 0 Å². The molecule has 0 bridgehead atoms. The van der Waals surface area contributed by atoms with Gasteiger partial charge in [0, 0.05) is 5.69 Å². The zero-order valence-electron chi connectivity index (χ0n) is 19.5. The van der Waals surface area contributed by atoms with Crippen molar-refractivity contribution in [3.8, 4) is 17.2 Å². The quantitative estimate of drug-likeness (QED) is 0.169. The Balaban J connectivity index is 1.62. The van der Waals surface area contributed by atoms with Crippen LogP contribution in [0.15, 0.2) is 71.8 Å². The number of hydrogen-bond acceptors (Lipinski definition) is 7. The van der Waals surface area contributed by atoms with Crippen LogP contribution in [-0.4, -0.2) is 37.7 Å². The van der Waals surface area contributed by atoms with Gasteiger partial charge in [-0.3, -0.25) is 9.59 Å². The molecular formula is C26H25N3O6. The minimum atomic E-state index is -0.920. The lowest BCUT2D eigenvalue weighted by Gasteiger charge is -2.11. The first kappa shape index (κ1) is 25.0. The fraction of sp³-hybridized carbons (Fsp3) is 0.154. The highest BCUT2D eigenvalue weighted by atomic mass is 16.6. The van der Waals surface area contributed by atoms with Crippen LogP contribution in [-0.2, 0) is 9.59 Å². The normalized spacial score (nSPS) is 10.5. The zero-order valence-corrected chi connectivity index (χ0v) is 19.5. The molecule has 9 nitrogen and oxygen atoms in total. The number of nitrogens with one attached hydrogen (secondary N) is 2. The topological polar surface area (TPSA) is 115 Å². The molecule has 3 aromatic rings. The minimum absolute atomic E-state index is 0.228. The fourth-order valence-corrected chi connectivity index (χ4v) is 2.88. The van der Waals surface area contributed by atoms with Gasteiger partial charge in [-0.1, -0.05) is 17.7 Å². The average molecular weight is 476 g/mol. The third-order valence-corrected chi connectivity index (χ3v) is 4.69. The number of esters is 1. The van der Waals surface area contributed by atoms with Gasteiger partial charge in [0.1, 0.15) is 5.75 Å². The Kier molecular flexibility index (Phi) is 8.55. The second kappa shape index (κ2) is 12.0. The second-order valence-electron chi connectivity index (χ2n) is 7.28. The Morgan fingerprint density at radius 1 is 0.914 bits per heavy atom. The monoisotopic (exact) mass is 475 g/mol. The molecule has 0 fully saturated rings. The van der Waals surface area contributed by atoms with Crippen LogP contribution in [0.25, 0.3) is 0 Å². The van der Waals surface area contributed by atoms with E-state index in [-0.39, 0.29) is 5.75 Å². The molecule has 0 aliphatic rings. The number of amides is 2. The number of rotatable bonds is 8. The number of benzene rings is 3. The maximum absolute atomic E-state index is 12.5. The molecule has 0 aromatic heterocycles. The first-order valence-corrected chi connectivity index (χ1v) is 10.7. The fourth-order valence-electron chi connectivity index (χ4n) is 2.88. The molecule has 0 aliphatic carbocycles. The number of ether oxygens (including phenoxy) is 3. The Morgan fingerprint density at radius 2 is 1.63 bits per heavy atom. The number of anilines is 1. The van der Waals surface area contributed by atoms with Crippen molar-refractivity contribution in [2.24, 2.45) is 5.10 Å². The van der Waals surface area contributed by atoms with Gasteiger partial charge in [0.2, 0.25) is 0 Å². The molecule has 9 heteroatoms. The van der Waals surface area contributed by atoms with E-state index < -0.39 is 17.8 Å². The van der Waals surface area contributed by atoms with E-state index in [4.69, 9.17) is 14.2 Å². The average Bonchev–Trinajstić information content (AvgIpc) is 2.87. The van der Waals surface area contributed by atoms with Crippen LogP contribution < -0.4 is 25.0 Å². The predicted octanol–water partition coefficient (Wildman–Crippen LogP) is 3.71. The molecule has 0 radical (unpaired) electrons. The van der Waals surface area contributed by atoms with Gasteiger partial charge in [-0.2, -0.15) is 5.10 Å². The molecular weight excluding hydrogens is 450 g/mol. The van der Waals surface area contributed by atoms with Crippen LogP contribution in [0.1, 0.15) is 28.4 Å². The summed E-state index contributed by atoms with van der Waals surface area (Å²) in [4.78, 5) is 36.5. The van der Waals surface area contributed by atoms with Crippen molar-refractivity contribution < 1.29 is 28.6 Å². The molecule has 2 N–H and O–H groups in total. The van der Waals surface area contributed by atoms with Crippen molar-refractivity contribution >= 4 is 29.7 Å². The van der Waals surface area contributed by atoms with Gasteiger partial charge >= 0.3 is 17.8 Å². The Labute approximate surface area is 202 Å². The molecule has 35 heavy (non-hydrogen) atoms. The summed E-state index contributed by atoms with van der Waals surface area (Å²) in [6, 6.07) is 18.3. The largest absolute Gasteiger partial charge is 0.497 e. The van der Waals surface area contributed by atoms with E-state index in [1.165, 1.54) is 13.3 Å². The summed E-state index contributed by atoms with van der Waals surface area (Å²) in [5, 5.41) is 6.30. The molecule has 0 heterocycles. The second-order valence-corrected chi connectivity index (χ2v) is 7.28. The summed E-state index contributed by atoms with van der Waals surface area (Å²) in [5.41, 5.74) is 4.61. The Bertz CT molecular complexity index is 1220. The number of carbonyl (C=O) groups is 3. The third kappa shape index (κ3) is 7.16. The maximum Gasteiger partial charge on any atom is 0.343 e. The molecule has 2 amide bonds. The smallest absolute Gasteiger partial charge is 0.343 e. The van der Waals surface area contributed by atoms with Crippen LogP contribution in [0, 0.1) is 6.92 Å². The molecule has 180 valence electrons. The number of methoxy groups -OCH3 is 1. The summed E-state index contributed by atoms with van der Waals surface area (Å²) >= 11 is 0. The first-order valence-electron chi connectivity index (χ1n) is 10.7. The van der Waals surface area contributed by atoms with E-state index >= 15 is 0 Å². The van der Waals surface area contributed by atoms with Crippen LogP contribution in [0.4, 0.5) is 5.69 Å². The highest BCUT2D eigenvalue weighted by Gasteiger charge is 2.14. The van der Waals surface area contributed by atoms with E-state index in [1.807, 2.05) is 19.1 Å². The predicted molar refractivity (Wildman–Crippen MR) is 131 cm³/mol. The van der Waals surface area contributed by atoms with E-state index in [2.05, 4.69) is 15.8 Å². The van der Waals surface area contributed by atoms with E-state index in [9.17, 15) is 14.4 Å². The van der Waals surface area contributed by atoms with Gasteiger partial charge < -0.3 is 19.5 Å². The standard InChI is InChI=1S/C26H25N3O6/c1-4-34-23-15-18(7-14-22(23)35-26(32)19-8-12-21(33-3)13-9-19)16-27-29-25(31)24(30)28-20-10-5-17(2)6-11-20/h5-16H,4H2,1-3H3,(H,28,30)(H,29,31)/b27-16+. The Hall–Kier alpha value is -4.66. The summed E-state index contributed by atoms with van der Waals surface area (Å²) in [7, 11) is 1.54.